The molecule has 1 heterocycles. The average Bonchev–Trinajstić information content (AvgIpc) is 3.02. The van der Waals surface area contributed by atoms with Gasteiger partial charge in [-0.05, 0) is 56.3 Å². The molecule has 0 aliphatic heterocycles. The van der Waals surface area contributed by atoms with Gasteiger partial charge >= 0.3 is 0 Å². The summed E-state index contributed by atoms with van der Waals surface area (Å²) in [5, 5.41) is 5.30. The number of aromatic nitrogens is 1. The van der Waals surface area contributed by atoms with Crippen LogP contribution in [0.15, 0.2) is 47.6 Å². The number of hydrogen-bond donors (Lipinski definition) is 1. The third-order valence-electron chi connectivity index (χ3n) is 4.89. The number of rotatable bonds is 7. The zero-order valence-corrected chi connectivity index (χ0v) is 22.2. The van der Waals surface area contributed by atoms with Crippen LogP contribution in [0.1, 0.15) is 17.0 Å². The quantitative estimate of drug-likeness (QED) is 0.300. The van der Waals surface area contributed by atoms with Crippen LogP contribution < -0.4 is 9.73 Å². The summed E-state index contributed by atoms with van der Waals surface area (Å²) < 4.78 is 27.4. The van der Waals surface area contributed by atoms with E-state index in [2.05, 4.69) is 10.5 Å². The zero-order chi connectivity index (χ0) is 25.2. The van der Waals surface area contributed by atoms with E-state index in [1.165, 1.54) is 24.4 Å². The Kier molecular flexibility index (Phi) is 8.21. The number of hydrazone groups is 1. The number of anilines is 1. The highest BCUT2D eigenvalue weighted by Gasteiger charge is 2.23. The average molecular weight is 562 g/mol. The third-order valence-corrected chi connectivity index (χ3v) is 7.31. The Hall–Kier alpha value is -2.23. The van der Waals surface area contributed by atoms with Crippen molar-refractivity contribution in [1.29, 1.82) is 0 Å². The maximum Gasteiger partial charge on any atom is 0.260 e. The molecule has 1 aromatic heterocycles. The van der Waals surface area contributed by atoms with Crippen LogP contribution in [0.25, 0.3) is 5.69 Å². The maximum absolute atomic E-state index is 12.5. The van der Waals surface area contributed by atoms with Crippen molar-refractivity contribution in [1.82, 2.24) is 9.99 Å². The Bertz CT molecular complexity index is 1390. The number of aryl methyl sites for hydroxylation is 1. The molecule has 0 spiro atoms. The zero-order valence-electron chi connectivity index (χ0n) is 18.3. The van der Waals surface area contributed by atoms with Crippen LogP contribution in [0.5, 0.6) is 0 Å². The lowest BCUT2D eigenvalue weighted by Gasteiger charge is -2.22. The first-order valence-electron chi connectivity index (χ1n) is 9.77. The van der Waals surface area contributed by atoms with Crippen LogP contribution in [0.3, 0.4) is 0 Å². The lowest BCUT2D eigenvalue weighted by molar-refractivity contribution is -0.119. The molecule has 0 bridgehead atoms. The number of benzene rings is 2. The molecule has 2 aromatic carbocycles. The smallest absolute Gasteiger partial charge is 0.260 e. The highest BCUT2D eigenvalue weighted by atomic mass is 35.5. The molecule has 1 amide bonds. The van der Waals surface area contributed by atoms with E-state index in [0.29, 0.717) is 10.0 Å². The van der Waals surface area contributed by atoms with Crippen LogP contribution in [0.4, 0.5) is 5.69 Å². The van der Waals surface area contributed by atoms with Crippen molar-refractivity contribution >= 4 is 74.2 Å². The van der Waals surface area contributed by atoms with Crippen molar-refractivity contribution in [2.24, 2.45) is 5.10 Å². The summed E-state index contributed by atoms with van der Waals surface area (Å²) in [4.78, 5) is 12.5. The van der Waals surface area contributed by atoms with Gasteiger partial charge in [0, 0.05) is 27.7 Å². The Balaban J connectivity index is 1.78. The van der Waals surface area contributed by atoms with Crippen molar-refractivity contribution in [3.63, 3.8) is 0 Å². The number of amides is 1. The number of sulfonamides is 1. The van der Waals surface area contributed by atoms with Crippen molar-refractivity contribution in [3.05, 3.63) is 79.5 Å². The lowest BCUT2D eigenvalue weighted by atomic mass is 10.2. The van der Waals surface area contributed by atoms with Crippen LogP contribution in [-0.4, -0.2) is 37.9 Å². The summed E-state index contributed by atoms with van der Waals surface area (Å²) in [6.45, 7) is 3.29. The summed E-state index contributed by atoms with van der Waals surface area (Å²) in [6.07, 6.45) is 2.45. The van der Waals surface area contributed by atoms with Gasteiger partial charge in [0.1, 0.15) is 6.54 Å². The van der Waals surface area contributed by atoms with Gasteiger partial charge in [0.05, 0.1) is 33.2 Å². The standard InChI is InChI=1S/C22H20Cl4N4O3S/c1-13-8-15(14(2)30(13)17-5-7-18(24)20(26)10-17)11-27-28-22(31)12-29(34(3,32)33)21-9-16(23)4-6-19(21)25/h4-11H,12H2,1-3H3,(H,28,31)/b27-11-. The second kappa shape index (κ2) is 10.6. The molecule has 7 nitrogen and oxygen atoms in total. The topological polar surface area (TPSA) is 83.8 Å². The van der Waals surface area contributed by atoms with E-state index in [1.807, 2.05) is 30.5 Å². The van der Waals surface area contributed by atoms with Crippen LogP contribution in [0.2, 0.25) is 20.1 Å². The minimum Gasteiger partial charge on any atom is -0.318 e. The van der Waals surface area contributed by atoms with Gasteiger partial charge in [-0.25, -0.2) is 13.8 Å². The third kappa shape index (κ3) is 6.06. The van der Waals surface area contributed by atoms with E-state index in [1.54, 1.807) is 12.1 Å². The molecule has 3 aromatic rings. The molecule has 0 saturated heterocycles. The van der Waals surface area contributed by atoms with Gasteiger partial charge in [-0.15, -0.1) is 0 Å². The molecule has 0 saturated carbocycles. The summed E-state index contributed by atoms with van der Waals surface area (Å²) in [5.74, 6) is -0.656. The van der Waals surface area contributed by atoms with Crippen molar-refractivity contribution < 1.29 is 13.2 Å². The van der Waals surface area contributed by atoms with Gasteiger partial charge in [-0.2, -0.15) is 5.10 Å². The van der Waals surface area contributed by atoms with Crippen molar-refractivity contribution in [2.45, 2.75) is 13.8 Å². The Morgan fingerprint density at radius 3 is 2.35 bits per heavy atom. The van der Waals surface area contributed by atoms with E-state index in [9.17, 15) is 13.2 Å². The molecule has 0 radical (unpaired) electrons. The highest BCUT2D eigenvalue weighted by molar-refractivity contribution is 7.92. The lowest BCUT2D eigenvalue weighted by Crippen LogP contribution is -2.39. The minimum absolute atomic E-state index is 0.0981. The Morgan fingerprint density at radius 2 is 1.71 bits per heavy atom. The largest absolute Gasteiger partial charge is 0.318 e. The summed E-state index contributed by atoms with van der Waals surface area (Å²) in [5.41, 5.74) is 5.81. The fourth-order valence-electron chi connectivity index (χ4n) is 3.34. The number of carbonyl (C=O) groups excluding carboxylic acids is 1. The van der Waals surface area contributed by atoms with Gasteiger partial charge in [0.15, 0.2) is 0 Å². The molecule has 0 aliphatic rings. The van der Waals surface area contributed by atoms with E-state index in [4.69, 9.17) is 46.4 Å². The molecular formula is C22H20Cl4N4O3S. The molecule has 180 valence electrons. The second-order valence-electron chi connectivity index (χ2n) is 7.42. The summed E-state index contributed by atoms with van der Waals surface area (Å²) in [6, 6.07) is 11.6. The van der Waals surface area contributed by atoms with Crippen molar-refractivity contribution in [2.75, 3.05) is 17.1 Å². The number of nitrogens with one attached hydrogen (secondary N) is 1. The van der Waals surface area contributed by atoms with Crippen molar-refractivity contribution in [3.8, 4) is 5.69 Å². The van der Waals surface area contributed by atoms with Gasteiger partial charge in [-0.3, -0.25) is 9.10 Å². The van der Waals surface area contributed by atoms with E-state index in [0.717, 1.165) is 33.2 Å². The SMILES string of the molecule is Cc1cc(/C=N\NC(=O)CN(c2cc(Cl)ccc2Cl)S(C)(=O)=O)c(C)n1-c1ccc(Cl)c(Cl)c1. The van der Waals surface area contributed by atoms with E-state index >= 15 is 0 Å². The normalized spacial score (nSPS) is 11.7. The second-order valence-corrected chi connectivity index (χ2v) is 11.0. The van der Waals surface area contributed by atoms with Crippen LogP contribution in [-0.2, 0) is 14.8 Å². The first-order valence-corrected chi connectivity index (χ1v) is 13.1. The predicted octanol–water partition coefficient (Wildman–Crippen LogP) is 5.62. The van der Waals surface area contributed by atoms with Crippen LogP contribution >= 0.6 is 46.4 Å². The number of hydrogen-bond acceptors (Lipinski definition) is 4. The molecular weight excluding hydrogens is 542 g/mol. The van der Waals surface area contributed by atoms with E-state index in [-0.39, 0.29) is 15.7 Å². The Labute approximate surface area is 217 Å². The van der Waals surface area contributed by atoms with Gasteiger partial charge < -0.3 is 4.57 Å². The highest BCUT2D eigenvalue weighted by Crippen LogP contribution is 2.30. The molecule has 0 fully saturated rings. The molecule has 1 N–H and O–H groups in total. The number of halogens is 4. The first-order chi connectivity index (χ1) is 15.9. The molecule has 0 aliphatic carbocycles. The molecule has 0 atom stereocenters. The number of carbonyl (C=O) groups is 1. The maximum atomic E-state index is 12.5. The predicted molar refractivity (Wildman–Crippen MR) is 140 cm³/mol. The summed E-state index contributed by atoms with van der Waals surface area (Å²) in [7, 11) is -3.82. The fraction of sp³-hybridized carbons (Fsp3) is 0.182. The molecule has 3 rings (SSSR count). The number of nitrogens with zero attached hydrogens (tertiary/aromatic N) is 3. The monoisotopic (exact) mass is 560 g/mol. The fourth-order valence-corrected chi connectivity index (χ4v) is 4.93. The molecule has 0 unspecified atom stereocenters. The van der Waals surface area contributed by atoms with Gasteiger partial charge in [-0.1, -0.05) is 46.4 Å². The van der Waals surface area contributed by atoms with Gasteiger partial charge in [0.2, 0.25) is 10.0 Å². The Morgan fingerprint density at radius 1 is 1.03 bits per heavy atom. The van der Waals surface area contributed by atoms with E-state index < -0.39 is 22.5 Å². The van der Waals surface area contributed by atoms with Crippen LogP contribution in [0, 0.1) is 13.8 Å². The first kappa shape index (κ1) is 26.4. The minimum atomic E-state index is -3.82. The molecule has 12 heteroatoms. The van der Waals surface area contributed by atoms with Gasteiger partial charge in [0.25, 0.3) is 5.91 Å². The summed E-state index contributed by atoms with van der Waals surface area (Å²) >= 11 is 24.3. The molecule has 34 heavy (non-hydrogen) atoms.